The lowest BCUT2D eigenvalue weighted by atomic mass is 10.1. The van der Waals surface area contributed by atoms with Crippen LogP contribution in [0.5, 0.6) is 0 Å². The number of para-hydroxylation sites is 1. The predicted octanol–water partition coefficient (Wildman–Crippen LogP) is 2.47. The van der Waals surface area contributed by atoms with Gasteiger partial charge in [-0.25, -0.2) is 8.42 Å². The lowest BCUT2D eigenvalue weighted by Crippen LogP contribution is -2.40. The van der Waals surface area contributed by atoms with Crippen molar-refractivity contribution < 1.29 is 22.7 Å². The SMILES string of the molecule is CN(Cc1ccccc1N1CCOCC1)C(=O)c1ccc(Cl)c(S(=O)(=O)N2CCOCC2)c1. The van der Waals surface area contributed by atoms with Crippen LogP contribution in [0.3, 0.4) is 0 Å². The van der Waals surface area contributed by atoms with Crippen LogP contribution in [0.1, 0.15) is 15.9 Å². The van der Waals surface area contributed by atoms with E-state index in [9.17, 15) is 13.2 Å². The minimum Gasteiger partial charge on any atom is -0.379 e. The first-order valence-corrected chi connectivity index (χ1v) is 12.7. The number of halogens is 1. The highest BCUT2D eigenvalue weighted by molar-refractivity contribution is 7.89. The maximum absolute atomic E-state index is 13.2. The summed E-state index contributed by atoms with van der Waals surface area (Å²) in [7, 11) is -2.11. The van der Waals surface area contributed by atoms with Gasteiger partial charge in [0, 0.05) is 51.0 Å². The average molecular weight is 494 g/mol. The summed E-state index contributed by atoms with van der Waals surface area (Å²) in [4.78, 5) is 17.0. The number of hydrogen-bond acceptors (Lipinski definition) is 6. The van der Waals surface area contributed by atoms with Crippen molar-refractivity contribution in [2.45, 2.75) is 11.4 Å². The molecule has 33 heavy (non-hydrogen) atoms. The van der Waals surface area contributed by atoms with Crippen LogP contribution in [-0.2, 0) is 26.0 Å². The van der Waals surface area contributed by atoms with Crippen LogP contribution in [-0.4, -0.2) is 83.2 Å². The first-order valence-electron chi connectivity index (χ1n) is 10.9. The molecule has 2 saturated heterocycles. The van der Waals surface area contributed by atoms with E-state index in [4.69, 9.17) is 21.1 Å². The Morgan fingerprint density at radius 1 is 1.00 bits per heavy atom. The highest BCUT2D eigenvalue weighted by Gasteiger charge is 2.29. The van der Waals surface area contributed by atoms with Crippen LogP contribution in [0, 0.1) is 0 Å². The van der Waals surface area contributed by atoms with Crippen LogP contribution in [0.4, 0.5) is 5.69 Å². The maximum atomic E-state index is 13.2. The molecule has 0 spiro atoms. The third-order valence-corrected chi connectivity index (χ3v) is 8.24. The summed E-state index contributed by atoms with van der Waals surface area (Å²) in [5.74, 6) is -0.276. The molecule has 178 valence electrons. The molecule has 0 saturated carbocycles. The number of amides is 1. The topological polar surface area (TPSA) is 79.4 Å². The number of nitrogens with zero attached hydrogens (tertiary/aromatic N) is 3. The minimum absolute atomic E-state index is 0.0565. The van der Waals surface area contributed by atoms with Gasteiger partial charge in [0.1, 0.15) is 4.90 Å². The first kappa shape index (κ1) is 24.0. The normalized spacial score (nSPS) is 17.7. The van der Waals surface area contributed by atoms with Crippen LogP contribution in [0.2, 0.25) is 5.02 Å². The van der Waals surface area contributed by atoms with Crippen molar-refractivity contribution in [1.82, 2.24) is 9.21 Å². The van der Waals surface area contributed by atoms with Gasteiger partial charge in [-0.3, -0.25) is 4.79 Å². The Labute approximate surface area is 199 Å². The molecule has 1 amide bonds. The molecule has 0 unspecified atom stereocenters. The van der Waals surface area contributed by atoms with E-state index in [2.05, 4.69) is 4.90 Å². The monoisotopic (exact) mass is 493 g/mol. The number of benzene rings is 2. The number of ether oxygens (including phenoxy) is 2. The number of morpholine rings is 2. The quantitative estimate of drug-likeness (QED) is 0.615. The standard InChI is InChI=1S/C23H28ClN3O5S/c1-25(17-19-4-2-3-5-21(19)26-8-12-31-13-9-26)23(28)18-6-7-20(24)22(16-18)33(29,30)27-10-14-32-15-11-27/h2-7,16H,8-15,17H2,1H3. The zero-order valence-corrected chi connectivity index (χ0v) is 20.1. The largest absolute Gasteiger partial charge is 0.379 e. The van der Waals surface area contributed by atoms with Crippen molar-refractivity contribution in [2.75, 3.05) is 64.6 Å². The van der Waals surface area contributed by atoms with Gasteiger partial charge in [-0.15, -0.1) is 0 Å². The van der Waals surface area contributed by atoms with Crippen molar-refractivity contribution in [3.8, 4) is 0 Å². The number of hydrogen-bond donors (Lipinski definition) is 0. The Kier molecular flexibility index (Phi) is 7.55. The van der Waals surface area contributed by atoms with Crippen LogP contribution < -0.4 is 4.90 Å². The Hall–Kier alpha value is -2.17. The summed E-state index contributed by atoms with van der Waals surface area (Å²) in [6, 6.07) is 12.4. The second kappa shape index (κ2) is 10.4. The minimum atomic E-state index is -3.82. The van der Waals surface area contributed by atoms with Crippen molar-refractivity contribution in [3.63, 3.8) is 0 Å². The summed E-state index contributed by atoms with van der Waals surface area (Å²) in [5, 5.41) is 0.0957. The number of rotatable bonds is 6. The third kappa shape index (κ3) is 5.33. The number of sulfonamides is 1. The van der Waals surface area contributed by atoms with E-state index in [1.165, 1.54) is 16.4 Å². The molecule has 2 aromatic rings. The Bertz CT molecular complexity index is 1100. The molecule has 10 heteroatoms. The Morgan fingerprint density at radius 2 is 1.64 bits per heavy atom. The number of anilines is 1. The molecule has 8 nitrogen and oxygen atoms in total. The second-order valence-electron chi connectivity index (χ2n) is 8.05. The lowest BCUT2D eigenvalue weighted by Gasteiger charge is -2.31. The van der Waals surface area contributed by atoms with E-state index in [1.807, 2.05) is 24.3 Å². The molecule has 2 heterocycles. The van der Waals surface area contributed by atoms with Gasteiger partial charge in [0.05, 0.1) is 31.5 Å². The van der Waals surface area contributed by atoms with E-state index in [1.54, 1.807) is 18.0 Å². The molecular weight excluding hydrogens is 466 g/mol. The molecule has 0 aromatic heterocycles. The first-order chi connectivity index (χ1) is 15.9. The van der Waals surface area contributed by atoms with E-state index in [0.717, 1.165) is 24.3 Å². The summed E-state index contributed by atoms with van der Waals surface area (Å²) in [6.07, 6.45) is 0. The van der Waals surface area contributed by atoms with Crippen molar-refractivity contribution >= 4 is 33.2 Å². The fraction of sp³-hybridized carbons (Fsp3) is 0.435. The zero-order chi connectivity index (χ0) is 23.4. The maximum Gasteiger partial charge on any atom is 0.253 e. The summed E-state index contributed by atoms with van der Waals surface area (Å²) >= 11 is 6.24. The summed E-state index contributed by atoms with van der Waals surface area (Å²) in [5.41, 5.74) is 2.37. The van der Waals surface area contributed by atoms with E-state index < -0.39 is 10.0 Å². The molecule has 0 radical (unpaired) electrons. The molecule has 2 aliphatic rings. The van der Waals surface area contributed by atoms with Gasteiger partial charge >= 0.3 is 0 Å². The summed E-state index contributed by atoms with van der Waals surface area (Å²) in [6.45, 7) is 4.53. The summed E-state index contributed by atoms with van der Waals surface area (Å²) < 4.78 is 38.3. The number of carbonyl (C=O) groups excluding carboxylic acids is 1. The molecule has 4 rings (SSSR count). The molecule has 2 aliphatic heterocycles. The van der Waals surface area contributed by atoms with Crippen LogP contribution in [0.25, 0.3) is 0 Å². The lowest BCUT2D eigenvalue weighted by molar-refractivity contribution is 0.0730. The number of carbonyl (C=O) groups is 1. The van der Waals surface area contributed by atoms with Crippen LogP contribution in [0.15, 0.2) is 47.4 Å². The molecule has 2 fully saturated rings. The Balaban J connectivity index is 1.55. The van der Waals surface area contributed by atoms with Gasteiger partial charge in [-0.05, 0) is 29.8 Å². The molecular formula is C23H28ClN3O5S. The van der Waals surface area contributed by atoms with E-state index in [0.29, 0.717) is 33.0 Å². The van der Waals surface area contributed by atoms with Crippen LogP contribution >= 0.6 is 11.6 Å². The molecule has 0 atom stereocenters. The van der Waals surface area contributed by atoms with Crippen molar-refractivity contribution in [3.05, 3.63) is 58.6 Å². The molecule has 0 aliphatic carbocycles. The molecule has 0 bridgehead atoms. The van der Waals surface area contributed by atoms with Gasteiger partial charge in [-0.1, -0.05) is 29.8 Å². The van der Waals surface area contributed by atoms with Crippen molar-refractivity contribution in [1.29, 1.82) is 0 Å². The van der Waals surface area contributed by atoms with Gasteiger partial charge in [0.2, 0.25) is 10.0 Å². The third-order valence-electron chi connectivity index (χ3n) is 5.86. The molecule has 2 aromatic carbocycles. The van der Waals surface area contributed by atoms with E-state index >= 15 is 0 Å². The zero-order valence-electron chi connectivity index (χ0n) is 18.6. The Morgan fingerprint density at radius 3 is 2.33 bits per heavy atom. The van der Waals surface area contributed by atoms with Crippen molar-refractivity contribution in [2.24, 2.45) is 0 Å². The fourth-order valence-corrected chi connectivity index (χ4v) is 5.97. The van der Waals surface area contributed by atoms with Gasteiger partial charge in [0.25, 0.3) is 5.91 Å². The highest BCUT2D eigenvalue weighted by atomic mass is 35.5. The van der Waals surface area contributed by atoms with Gasteiger partial charge in [-0.2, -0.15) is 4.31 Å². The van der Waals surface area contributed by atoms with E-state index in [-0.39, 0.29) is 34.5 Å². The van der Waals surface area contributed by atoms with Gasteiger partial charge in [0.15, 0.2) is 0 Å². The second-order valence-corrected chi connectivity index (χ2v) is 10.4. The average Bonchev–Trinajstić information content (AvgIpc) is 2.85. The smallest absolute Gasteiger partial charge is 0.253 e. The highest BCUT2D eigenvalue weighted by Crippen LogP contribution is 2.28. The molecule has 0 N–H and O–H groups in total. The fourth-order valence-electron chi connectivity index (χ4n) is 4.07. The predicted molar refractivity (Wildman–Crippen MR) is 126 cm³/mol. The van der Waals surface area contributed by atoms with Gasteiger partial charge < -0.3 is 19.3 Å².